The highest BCUT2D eigenvalue weighted by Crippen LogP contribution is 2.22. The SMILES string of the molecule is CC(CC(=O)O)CC(=O)NC(=O)NC1CCCCCC1C. The summed E-state index contributed by atoms with van der Waals surface area (Å²) in [6.45, 7) is 3.80. The van der Waals surface area contributed by atoms with Gasteiger partial charge in [-0.25, -0.2) is 4.79 Å². The van der Waals surface area contributed by atoms with Crippen molar-refractivity contribution in [3.05, 3.63) is 0 Å². The molecule has 6 nitrogen and oxygen atoms in total. The van der Waals surface area contributed by atoms with E-state index >= 15 is 0 Å². The predicted molar refractivity (Wildman–Crippen MR) is 78.7 cm³/mol. The molecule has 1 rings (SSSR count). The Morgan fingerprint density at radius 2 is 1.81 bits per heavy atom. The Morgan fingerprint density at radius 3 is 2.48 bits per heavy atom. The lowest BCUT2D eigenvalue weighted by molar-refractivity contribution is -0.138. The largest absolute Gasteiger partial charge is 0.481 e. The zero-order valence-corrected chi connectivity index (χ0v) is 12.9. The quantitative estimate of drug-likeness (QED) is 0.678. The van der Waals surface area contributed by atoms with Gasteiger partial charge in [0.05, 0.1) is 0 Å². The molecule has 0 spiro atoms. The van der Waals surface area contributed by atoms with Crippen LogP contribution in [0.25, 0.3) is 0 Å². The van der Waals surface area contributed by atoms with Crippen LogP contribution in [0.1, 0.15) is 58.8 Å². The third kappa shape index (κ3) is 7.11. The van der Waals surface area contributed by atoms with Gasteiger partial charge in [0.15, 0.2) is 0 Å². The van der Waals surface area contributed by atoms with Crippen LogP contribution in [-0.2, 0) is 9.59 Å². The van der Waals surface area contributed by atoms with E-state index in [1.165, 1.54) is 12.8 Å². The van der Waals surface area contributed by atoms with Gasteiger partial charge in [-0.1, -0.05) is 33.1 Å². The number of nitrogens with one attached hydrogen (secondary N) is 2. The molecular formula is C15H26N2O4. The number of carboxylic acids is 1. The van der Waals surface area contributed by atoms with Gasteiger partial charge in [-0.05, 0) is 24.7 Å². The Kier molecular flexibility index (Phi) is 7.19. The first kappa shape index (κ1) is 17.5. The zero-order valence-electron chi connectivity index (χ0n) is 12.9. The molecular weight excluding hydrogens is 272 g/mol. The first-order valence-electron chi connectivity index (χ1n) is 7.70. The Balaban J connectivity index is 2.34. The maximum atomic E-state index is 11.8. The van der Waals surface area contributed by atoms with E-state index in [0.717, 1.165) is 19.3 Å². The summed E-state index contributed by atoms with van der Waals surface area (Å²) in [6, 6.07) is -0.363. The zero-order chi connectivity index (χ0) is 15.8. The molecule has 0 aromatic heterocycles. The average molecular weight is 298 g/mol. The van der Waals surface area contributed by atoms with E-state index in [1.807, 2.05) is 0 Å². The van der Waals surface area contributed by atoms with Crippen molar-refractivity contribution in [3.8, 4) is 0 Å². The van der Waals surface area contributed by atoms with Crippen LogP contribution >= 0.6 is 0 Å². The molecule has 0 aliphatic heterocycles. The summed E-state index contributed by atoms with van der Waals surface area (Å²) in [4.78, 5) is 34.0. The van der Waals surface area contributed by atoms with Gasteiger partial charge in [-0.2, -0.15) is 0 Å². The summed E-state index contributed by atoms with van der Waals surface area (Å²) in [5.74, 6) is -1.24. The number of amides is 3. The van der Waals surface area contributed by atoms with Crippen molar-refractivity contribution < 1.29 is 19.5 Å². The number of hydrogen-bond donors (Lipinski definition) is 3. The van der Waals surface area contributed by atoms with E-state index in [1.54, 1.807) is 6.92 Å². The topological polar surface area (TPSA) is 95.5 Å². The summed E-state index contributed by atoms with van der Waals surface area (Å²) in [6.07, 6.45) is 5.47. The predicted octanol–water partition coefficient (Wildman–Crippen LogP) is 2.28. The Bertz CT molecular complexity index is 384. The number of imide groups is 1. The van der Waals surface area contributed by atoms with Crippen LogP contribution in [0.4, 0.5) is 4.79 Å². The van der Waals surface area contributed by atoms with Crippen LogP contribution in [0.5, 0.6) is 0 Å². The van der Waals surface area contributed by atoms with Crippen LogP contribution in [-0.4, -0.2) is 29.1 Å². The molecule has 120 valence electrons. The van der Waals surface area contributed by atoms with Crippen LogP contribution < -0.4 is 10.6 Å². The minimum Gasteiger partial charge on any atom is -0.481 e. The van der Waals surface area contributed by atoms with Crippen molar-refractivity contribution in [2.24, 2.45) is 11.8 Å². The minimum atomic E-state index is -0.938. The lowest BCUT2D eigenvalue weighted by Gasteiger charge is -2.22. The van der Waals surface area contributed by atoms with Crippen molar-refractivity contribution in [1.82, 2.24) is 10.6 Å². The number of carbonyl (C=O) groups is 3. The van der Waals surface area contributed by atoms with E-state index in [2.05, 4.69) is 17.6 Å². The van der Waals surface area contributed by atoms with Gasteiger partial charge in [0.25, 0.3) is 0 Å². The third-order valence-electron chi connectivity index (χ3n) is 3.99. The average Bonchev–Trinajstić information content (AvgIpc) is 2.53. The number of aliphatic carboxylic acids is 1. The smallest absolute Gasteiger partial charge is 0.321 e. The molecule has 1 aliphatic carbocycles. The van der Waals surface area contributed by atoms with Crippen molar-refractivity contribution in [2.75, 3.05) is 0 Å². The summed E-state index contributed by atoms with van der Waals surface area (Å²) < 4.78 is 0. The van der Waals surface area contributed by atoms with Crippen molar-refractivity contribution in [3.63, 3.8) is 0 Å². The van der Waals surface area contributed by atoms with Gasteiger partial charge in [-0.15, -0.1) is 0 Å². The van der Waals surface area contributed by atoms with Gasteiger partial charge >= 0.3 is 12.0 Å². The molecule has 0 radical (unpaired) electrons. The van der Waals surface area contributed by atoms with E-state index in [0.29, 0.717) is 5.92 Å². The fourth-order valence-corrected chi connectivity index (χ4v) is 2.78. The van der Waals surface area contributed by atoms with Crippen molar-refractivity contribution in [1.29, 1.82) is 0 Å². The highest BCUT2D eigenvalue weighted by molar-refractivity contribution is 5.94. The summed E-state index contributed by atoms with van der Waals surface area (Å²) >= 11 is 0. The molecule has 3 amide bonds. The molecule has 0 heterocycles. The van der Waals surface area contributed by atoms with Gasteiger partial charge in [0.2, 0.25) is 5.91 Å². The normalized spacial score (nSPS) is 23.7. The van der Waals surface area contributed by atoms with Crippen molar-refractivity contribution >= 4 is 17.9 Å². The standard InChI is InChI=1S/C15H26N2O4/c1-10(9-14(19)20)8-13(18)17-15(21)16-12-7-5-3-4-6-11(12)2/h10-12H,3-9H2,1-2H3,(H,19,20)(H2,16,17,18,21). The lowest BCUT2D eigenvalue weighted by atomic mass is 9.97. The molecule has 21 heavy (non-hydrogen) atoms. The van der Waals surface area contributed by atoms with E-state index in [4.69, 9.17) is 5.11 Å². The Morgan fingerprint density at radius 1 is 1.14 bits per heavy atom. The summed E-state index contributed by atoms with van der Waals surface area (Å²) in [7, 11) is 0. The van der Waals surface area contributed by atoms with E-state index in [-0.39, 0.29) is 24.8 Å². The minimum absolute atomic E-state index is 0.0416. The molecule has 3 atom stereocenters. The fraction of sp³-hybridized carbons (Fsp3) is 0.800. The number of carbonyl (C=O) groups excluding carboxylic acids is 2. The molecule has 0 bridgehead atoms. The molecule has 3 unspecified atom stereocenters. The van der Waals surface area contributed by atoms with Crippen molar-refractivity contribution in [2.45, 2.75) is 64.8 Å². The van der Waals surface area contributed by atoms with E-state index in [9.17, 15) is 14.4 Å². The molecule has 0 aromatic carbocycles. The van der Waals surface area contributed by atoms with Gasteiger partial charge < -0.3 is 10.4 Å². The van der Waals surface area contributed by atoms with Gasteiger partial charge in [0.1, 0.15) is 0 Å². The van der Waals surface area contributed by atoms with E-state index < -0.39 is 17.9 Å². The monoisotopic (exact) mass is 298 g/mol. The highest BCUT2D eigenvalue weighted by Gasteiger charge is 2.22. The van der Waals surface area contributed by atoms with Gasteiger partial charge in [-0.3, -0.25) is 14.9 Å². The third-order valence-corrected chi connectivity index (χ3v) is 3.99. The van der Waals surface area contributed by atoms with Crippen LogP contribution in [0.3, 0.4) is 0 Å². The molecule has 0 aromatic rings. The second-order valence-electron chi connectivity index (χ2n) is 6.15. The van der Waals surface area contributed by atoms with Crippen LogP contribution in [0, 0.1) is 11.8 Å². The summed E-state index contributed by atoms with van der Waals surface area (Å²) in [5, 5.41) is 13.8. The first-order valence-corrected chi connectivity index (χ1v) is 7.70. The molecule has 6 heteroatoms. The number of carboxylic acid groups (broad SMARTS) is 1. The highest BCUT2D eigenvalue weighted by atomic mass is 16.4. The Labute approximate surface area is 125 Å². The molecule has 1 aliphatic rings. The van der Waals surface area contributed by atoms with Crippen LogP contribution in [0.2, 0.25) is 0 Å². The molecule has 3 N–H and O–H groups in total. The van der Waals surface area contributed by atoms with Gasteiger partial charge in [0, 0.05) is 18.9 Å². The molecule has 1 fully saturated rings. The second-order valence-corrected chi connectivity index (χ2v) is 6.15. The fourth-order valence-electron chi connectivity index (χ4n) is 2.78. The molecule has 1 saturated carbocycles. The number of hydrogen-bond acceptors (Lipinski definition) is 3. The maximum Gasteiger partial charge on any atom is 0.321 e. The Hall–Kier alpha value is -1.59. The second kappa shape index (κ2) is 8.64. The van der Waals surface area contributed by atoms with Crippen LogP contribution in [0.15, 0.2) is 0 Å². The number of urea groups is 1. The molecule has 0 saturated heterocycles. The summed E-state index contributed by atoms with van der Waals surface area (Å²) in [5.41, 5.74) is 0. The number of rotatable bonds is 5. The first-order chi connectivity index (χ1) is 9.88. The maximum absolute atomic E-state index is 11.8. The lowest BCUT2D eigenvalue weighted by Crippen LogP contribution is -2.46.